The summed E-state index contributed by atoms with van der Waals surface area (Å²) < 4.78 is 0. The number of aryl methyl sites for hydroxylation is 1. The van der Waals surface area contributed by atoms with E-state index in [1.807, 2.05) is 25.1 Å². The fourth-order valence-electron chi connectivity index (χ4n) is 4.72. The molecule has 0 spiro atoms. The average Bonchev–Trinajstić information content (AvgIpc) is 3.57. The van der Waals surface area contributed by atoms with E-state index in [0.29, 0.717) is 33.8 Å². The van der Waals surface area contributed by atoms with Crippen LogP contribution >= 0.6 is 23.2 Å². The smallest absolute Gasteiger partial charge is 0.148 e. The predicted molar refractivity (Wildman–Crippen MR) is 156 cm³/mol. The van der Waals surface area contributed by atoms with Crippen molar-refractivity contribution in [2.24, 2.45) is 5.41 Å². The van der Waals surface area contributed by atoms with Crippen molar-refractivity contribution in [2.45, 2.75) is 52.0 Å². The maximum atomic E-state index is 9.83. The quantitative estimate of drug-likeness (QED) is 0.247. The van der Waals surface area contributed by atoms with Crippen LogP contribution in [0.4, 0.5) is 11.4 Å². The van der Waals surface area contributed by atoms with Crippen LogP contribution in [0.3, 0.4) is 0 Å². The van der Waals surface area contributed by atoms with Crippen molar-refractivity contribution in [1.29, 1.82) is 5.26 Å². The number of nitriles is 1. The van der Waals surface area contributed by atoms with Gasteiger partial charge in [0.25, 0.3) is 0 Å². The number of pyridine rings is 2. The van der Waals surface area contributed by atoms with Gasteiger partial charge in [0.15, 0.2) is 0 Å². The van der Waals surface area contributed by atoms with Gasteiger partial charge in [-0.3, -0.25) is 9.99 Å². The molecule has 0 amide bonds. The molecule has 1 aliphatic carbocycles. The molecule has 1 fully saturated rings. The van der Waals surface area contributed by atoms with E-state index >= 15 is 0 Å². The van der Waals surface area contributed by atoms with Gasteiger partial charge < -0.3 is 16.1 Å². The molecule has 4 N–H and O–H groups in total. The van der Waals surface area contributed by atoms with Crippen LogP contribution in [0.5, 0.6) is 0 Å². The lowest BCUT2D eigenvalue weighted by molar-refractivity contribution is 0.260. The van der Waals surface area contributed by atoms with Crippen LogP contribution < -0.4 is 21.6 Å². The molecular weight excluding hydrogens is 518 g/mol. The van der Waals surface area contributed by atoms with Gasteiger partial charge in [0.2, 0.25) is 0 Å². The first-order valence-corrected chi connectivity index (χ1v) is 13.4. The second-order valence-electron chi connectivity index (χ2n) is 11.4. The molecule has 38 heavy (non-hydrogen) atoms. The van der Waals surface area contributed by atoms with Gasteiger partial charge in [-0.25, -0.2) is 4.98 Å². The maximum absolute atomic E-state index is 9.83. The maximum Gasteiger partial charge on any atom is 0.148 e. The van der Waals surface area contributed by atoms with Gasteiger partial charge in [0.1, 0.15) is 19.1 Å². The third kappa shape index (κ3) is 5.21. The first-order valence-electron chi connectivity index (χ1n) is 12.7. The van der Waals surface area contributed by atoms with Crippen LogP contribution in [-0.2, 0) is 5.44 Å². The van der Waals surface area contributed by atoms with Crippen molar-refractivity contribution in [2.75, 3.05) is 17.2 Å². The van der Waals surface area contributed by atoms with Gasteiger partial charge in [-0.15, -0.1) is 5.53 Å². The average molecular weight is 549 g/mol. The number of halogens is 2. The fraction of sp³-hybridized carbons (Fsp3) is 0.370. The van der Waals surface area contributed by atoms with Crippen LogP contribution in [0.2, 0.25) is 10.2 Å². The molecule has 0 saturated heterocycles. The van der Waals surface area contributed by atoms with Gasteiger partial charge in [-0.1, -0.05) is 50.0 Å². The van der Waals surface area contributed by atoms with E-state index in [9.17, 15) is 5.26 Å². The molecule has 1 aliphatic heterocycles. The molecule has 2 aromatic heterocycles. The van der Waals surface area contributed by atoms with Crippen molar-refractivity contribution < 1.29 is 0 Å². The van der Waals surface area contributed by atoms with Crippen molar-refractivity contribution >= 4 is 53.3 Å². The van der Waals surface area contributed by atoms with E-state index in [2.05, 4.69) is 77.5 Å². The molecule has 1 saturated carbocycles. The van der Waals surface area contributed by atoms with Crippen LogP contribution in [0.15, 0.2) is 42.4 Å². The van der Waals surface area contributed by atoms with E-state index < -0.39 is 5.44 Å². The molecule has 8 nitrogen and oxygen atoms in total. The monoisotopic (exact) mass is 548 g/mol. The molecule has 196 valence electrons. The SMILES string of the molecule is B[C@@](Nc1cc(Cl)c2ncc(C#N)c(NCC(C)(C)C)c2c1)(C1=CN(C2CC2)NN1)c1ccc(Cl)nc1C. The number of anilines is 2. The largest absolute Gasteiger partial charge is 0.383 e. The summed E-state index contributed by atoms with van der Waals surface area (Å²) in [5.41, 5.74) is 11.3. The predicted octanol–water partition coefficient (Wildman–Crippen LogP) is 4.80. The van der Waals surface area contributed by atoms with Crippen LogP contribution in [0.25, 0.3) is 10.9 Å². The van der Waals surface area contributed by atoms with E-state index in [1.54, 1.807) is 12.3 Å². The van der Waals surface area contributed by atoms with Crippen LogP contribution in [0, 0.1) is 23.7 Å². The highest BCUT2D eigenvalue weighted by Crippen LogP contribution is 2.39. The highest BCUT2D eigenvalue weighted by atomic mass is 35.5. The number of benzene rings is 1. The molecule has 3 aromatic rings. The summed E-state index contributed by atoms with van der Waals surface area (Å²) in [4.78, 5) is 9.03. The van der Waals surface area contributed by atoms with Gasteiger partial charge >= 0.3 is 0 Å². The summed E-state index contributed by atoms with van der Waals surface area (Å²) in [5, 5.41) is 20.9. The Morgan fingerprint density at radius 1 is 1.24 bits per heavy atom. The molecule has 0 radical (unpaired) electrons. The standard InChI is InChI=1S/C27H31BCl2N8/c1-15-20(7-8-23(30)34-15)27(28,22-13-38(37-36-22)18-5-6-18)35-17-9-19-24(33-14-26(2,3)4)16(11-31)12-32-25(19)21(29)10-17/h7-10,12-13,18,35-37H,5-6,14,28H2,1-4H3,(H,32,33)/t27-/m0/s1. The van der Waals surface area contributed by atoms with Gasteiger partial charge in [-0.05, 0) is 48.9 Å². The molecule has 0 bridgehead atoms. The zero-order valence-electron chi connectivity index (χ0n) is 22.2. The van der Waals surface area contributed by atoms with Gasteiger partial charge in [0, 0.05) is 41.8 Å². The third-order valence-electron chi connectivity index (χ3n) is 6.89. The van der Waals surface area contributed by atoms with Crippen molar-refractivity contribution in [1.82, 2.24) is 25.9 Å². The Morgan fingerprint density at radius 2 is 2.00 bits per heavy atom. The summed E-state index contributed by atoms with van der Waals surface area (Å²) in [6, 6.07) is 10.4. The number of fused-ring (bicyclic) bond motifs is 1. The van der Waals surface area contributed by atoms with E-state index in [1.165, 1.54) is 0 Å². The number of aromatic nitrogens is 2. The number of nitrogens with zero attached hydrogens (tertiary/aromatic N) is 4. The van der Waals surface area contributed by atoms with Crippen LogP contribution in [0.1, 0.15) is 50.4 Å². The molecule has 0 unspecified atom stereocenters. The van der Waals surface area contributed by atoms with Crippen LogP contribution in [-0.4, -0.2) is 35.4 Å². The topological polar surface area (TPSA) is 101 Å². The zero-order chi connectivity index (χ0) is 27.2. The minimum absolute atomic E-state index is 0.0146. The van der Waals surface area contributed by atoms with Gasteiger partial charge in [-0.2, -0.15) is 5.26 Å². The summed E-state index contributed by atoms with van der Waals surface area (Å²) in [6.07, 6.45) is 5.99. The first kappa shape index (κ1) is 26.4. The van der Waals surface area contributed by atoms with E-state index in [-0.39, 0.29) is 5.41 Å². The summed E-state index contributed by atoms with van der Waals surface area (Å²) in [5.74, 6) is 0. The molecule has 11 heteroatoms. The Hall–Kier alpha value is -3.19. The third-order valence-corrected chi connectivity index (χ3v) is 7.39. The summed E-state index contributed by atoms with van der Waals surface area (Å²) in [7, 11) is 2.10. The molecule has 1 atom stereocenters. The lowest BCUT2D eigenvalue weighted by Crippen LogP contribution is -2.46. The van der Waals surface area contributed by atoms with Crippen molar-refractivity contribution in [3.8, 4) is 6.07 Å². The molecule has 1 aromatic carbocycles. The summed E-state index contributed by atoms with van der Waals surface area (Å²) >= 11 is 13.0. The second-order valence-corrected chi connectivity index (χ2v) is 12.2. The zero-order valence-corrected chi connectivity index (χ0v) is 23.7. The Morgan fingerprint density at radius 3 is 2.66 bits per heavy atom. The van der Waals surface area contributed by atoms with Gasteiger partial charge in [0.05, 0.1) is 32.9 Å². The molecule has 5 rings (SSSR count). The molecule has 2 aliphatic rings. The van der Waals surface area contributed by atoms with E-state index in [0.717, 1.165) is 46.6 Å². The molecular formula is C27H31BCl2N8. The normalized spacial score (nSPS) is 17.0. The van der Waals surface area contributed by atoms with Crippen molar-refractivity contribution in [3.63, 3.8) is 0 Å². The Bertz CT molecular complexity index is 1470. The Balaban J connectivity index is 1.62. The number of hydrogen-bond donors (Lipinski definition) is 4. The second kappa shape index (κ2) is 9.85. The summed E-state index contributed by atoms with van der Waals surface area (Å²) in [6.45, 7) is 9.07. The first-order chi connectivity index (χ1) is 18.0. The Kier molecular flexibility index (Phi) is 6.85. The molecule has 3 heterocycles. The highest BCUT2D eigenvalue weighted by molar-refractivity contribution is 6.36. The van der Waals surface area contributed by atoms with Crippen molar-refractivity contribution in [3.05, 3.63) is 69.4 Å². The number of hydrazine groups is 2. The minimum atomic E-state index is -0.714. The highest BCUT2D eigenvalue weighted by Gasteiger charge is 2.39. The minimum Gasteiger partial charge on any atom is -0.383 e. The number of rotatable bonds is 7. The Labute approximate surface area is 234 Å². The number of hydrogen-bond acceptors (Lipinski definition) is 8. The van der Waals surface area contributed by atoms with E-state index in [4.69, 9.17) is 23.2 Å². The lowest BCUT2D eigenvalue weighted by atomic mass is 9.69. The number of nitrogens with one attached hydrogen (secondary N) is 4. The fourth-order valence-corrected chi connectivity index (χ4v) is 5.18. The lowest BCUT2D eigenvalue weighted by Gasteiger charge is -2.35.